The molecule has 1 saturated heterocycles. The topological polar surface area (TPSA) is 70.0 Å². The fourth-order valence-electron chi connectivity index (χ4n) is 3.92. The van der Waals surface area contributed by atoms with E-state index in [0.717, 1.165) is 32.6 Å². The number of nitrogens with zero attached hydrogens (tertiary/aromatic N) is 5. The number of hydrogen-bond acceptors (Lipinski definition) is 5. The Morgan fingerprint density at radius 2 is 1.90 bits per heavy atom. The van der Waals surface area contributed by atoms with Crippen LogP contribution in [0.25, 0.3) is 11.0 Å². The fraction of sp³-hybridized carbons (Fsp3) is 0.500. The summed E-state index contributed by atoms with van der Waals surface area (Å²) in [5.41, 5.74) is 1.61. The van der Waals surface area contributed by atoms with Gasteiger partial charge in [0.2, 0.25) is 5.95 Å². The van der Waals surface area contributed by atoms with Crippen LogP contribution in [-0.2, 0) is 12.1 Å². The molecule has 0 spiro atoms. The van der Waals surface area contributed by atoms with E-state index in [1.165, 1.54) is 5.56 Å². The fourth-order valence-corrected chi connectivity index (χ4v) is 3.92. The van der Waals surface area contributed by atoms with Crippen LogP contribution in [0.5, 0.6) is 0 Å². The van der Waals surface area contributed by atoms with E-state index in [2.05, 4.69) is 77.9 Å². The van der Waals surface area contributed by atoms with E-state index < -0.39 is 0 Å². The van der Waals surface area contributed by atoms with Crippen LogP contribution in [0.3, 0.4) is 0 Å². The normalized spacial score (nSPS) is 18.9. The molecule has 0 amide bonds. The van der Waals surface area contributed by atoms with Gasteiger partial charge in [0.05, 0.1) is 11.7 Å². The van der Waals surface area contributed by atoms with Gasteiger partial charge < -0.3 is 4.90 Å². The maximum atomic E-state index is 12.7. The van der Waals surface area contributed by atoms with Gasteiger partial charge in [-0.3, -0.25) is 14.7 Å². The number of H-pyrrole nitrogens is 1. The SMILES string of the molecule is CC1CCN(c2nc3c(cnn3C(C)(C)C)c(=O)[nH]2)CCN1Cc1ccccc1. The number of benzene rings is 1. The van der Waals surface area contributed by atoms with Crippen LogP contribution in [-0.4, -0.2) is 50.3 Å². The Morgan fingerprint density at radius 3 is 2.62 bits per heavy atom. The second-order valence-corrected chi connectivity index (χ2v) is 8.93. The van der Waals surface area contributed by atoms with Crippen LogP contribution >= 0.6 is 0 Å². The smallest absolute Gasteiger partial charge is 0.263 e. The lowest BCUT2D eigenvalue weighted by Crippen LogP contribution is -2.35. The number of anilines is 1. The first-order valence-electron chi connectivity index (χ1n) is 10.3. The van der Waals surface area contributed by atoms with Crippen molar-refractivity contribution in [1.29, 1.82) is 0 Å². The number of aromatic amines is 1. The van der Waals surface area contributed by atoms with Gasteiger partial charge in [-0.15, -0.1) is 0 Å². The third-order valence-corrected chi connectivity index (χ3v) is 5.69. The summed E-state index contributed by atoms with van der Waals surface area (Å²) in [5.74, 6) is 0.641. The van der Waals surface area contributed by atoms with Crippen LogP contribution < -0.4 is 10.5 Å². The van der Waals surface area contributed by atoms with Gasteiger partial charge in [-0.05, 0) is 39.7 Å². The minimum Gasteiger partial charge on any atom is -0.341 e. The Labute approximate surface area is 171 Å². The highest BCUT2D eigenvalue weighted by molar-refractivity contribution is 5.74. The maximum absolute atomic E-state index is 12.7. The van der Waals surface area contributed by atoms with Gasteiger partial charge >= 0.3 is 0 Å². The number of fused-ring (bicyclic) bond motifs is 1. The van der Waals surface area contributed by atoms with E-state index in [1.54, 1.807) is 6.20 Å². The van der Waals surface area contributed by atoms with Crippen LogP contribution in [0.4, 0.5) is 5.95 Å². The van der Waals surface area contributed by atoms with Gasteiger partial charge in [-0.25, -0.2) is 4.68 Å². The third-order valence-electron chi connectivity index (χ3n) is 5.69. The van der Waals surface area contributed by atoms with Crippen LogP contribution in [0.1, 0.15) is 39.7 Å². The summed E-state index contributed by atoms with van der Waals surface area (Å²) >= 11 is 0. The van der Waals surface area contributed by atoms with Crippen molar-refractivity contribution in [3.05, 3.63) is 52.4 Å². The lowest BCUT2D eigenvalue weighted by Gasteiger charge is -2.26. The third kappa shape index (κ3) is 4.05. The largest absolute Gasteiger partial charge is 0.341 e. The second-order valence-electron chi connectivity index (χ2n) is 8.93. The lowest BCUT2D eigenvalue weighted by atomic mass is 10.1. The molecule has 0 saturated carbocycles. The lowest BCUT2D eigenvalue weighted by molar-refractivity contribution is 0.212. The van der Waals surface area contributed by atoms with Crippen LogP contribution in [0, 0.1) is 0 Å². The molecule has 7 nitrogen and oxygen atoms in total. The molecule has 0 radical (unpaired) electrons. The second kappa shape index (κ2) is 7.63. The standard InChI is InChI=1S/C22H30N6O/c1-16-10-11-26(12-13-27(16)15-17-8-6-5-7-9-17)21-24-19-18(20(29)25-21)14-23-28(19)22(2,3)4/h5-9,14,16H,10-13,15H2,1-4H3,(H,24,25,29). The van der Waals surface area contributed by atoms with Crippen molar-refractivity contribution in [3.8, 4) is 0 Å². The van der Waals surface area contributed by atoms with E-state index in [1.807, 2.05) is 4.68 Å². The number of nitrogens with one attached hydrogen (secondary N) is 1. The summed E-state index contributed by atoms with van der Waals surface area (Å²) in [7, 11) is 0. The highest BCUT2D eigenvalue weighted by Gasteiger charge is 2.24. The van der Waals surface area contributed by atoms with Gasteiger partial charge in [0.15, 0.2) is 5.65 Å². The minimum atomic E-state index is -0.237. The maximum Gasteiger partial charge on any atom is 0.263 e. The first kappa shape index (κ1) is 19.6. The highest BCUT2D eigenvalue weighted by Crippen LogP contribution is 2.21. The first-order valence-corrected chi connectivity index (χ1v) is 10.3. The molecular weight excluding hydrogens is 364 g/mol. The molecule has 4 rings (SSSR count). The molecule has 2 aromatic heterocycles. The van der Waals surface area contributed by atoms with Gasteiger partial charge in [-0.1, -0.05) is 30.3 Å². The summed E-state index contributed by atoms with van der Waals surface area (Å²) in [6, 6.07) is 11.1. The van der Waals surface area contributed by atoms with Gasteiger partial charge in [0.1, 0.15) is 5.39 Å². The zero-order valence-corrected chi connectivity index (χ0v) is 17.7. The summed E-state index contributed by atoms with van der Waals surface area (Å²) in [6.45, 7) is 12.0. The molecular formula is C22H30N6O. The summed E-state index contributed by atoms with van der Waals surface area (Å²) < 4.78 is 1.84. The van der Waals surface area contributed by atoms with E-state index in [-0.39, 0.29) is 11.1 Å². The predicted octanol–water partition coefficient (Wildman–Crippen LogP) is 2.98. The zero-order valence-electron chi connectivity index (χ0n) is 17.7. The van der Waals surface area contributed by atoms with Crippen LogP contribution in [0.2, 0.25) is 0 Å². The molecule has 1 unspecified atom stereocenters. The Bertz CT molecular complexity index is 1030. The Morgan fingerprint density at radius 1 is 1.14 bits per heavy atom. The first-order chi connectivity index (χ1) is 13.8. The summed E-state index contributed by atoms with van der Waals surface area (Å²) in [6.07, 6.45) is 2.63. The van der Waals surface area contributed by atoms with E-state index in [4.69, 9.17) is 4.98 Å². The molecule has 0 aliphatic carbocycles. The van der Waals surface area contributed by atoms with E-state index >= 15 is 0 Å². The minimum absolute atomic E-state index is 0.126. The molecule has 1 fully saturated rings. The van der Waals surface area contributed by atoms with Crippen molar-refractivity contribution in [2.75, 3.05) is 24.5 Å². The molecule has 1 aliphatic heterocycles. The highest BCUT2D eigenvalue weighted by atomic mass is 16.1. The van der Waals surface area contributed by atoms with Gasteiger partial charge in [0, 0.05) is 32.2 Å². The Hall–Kier alpha value is -2.67. The number of rotatable bonds is 3. The Kier molecular flexibility index (Phi) is 5.17. The van der Waals surface area contributed by atoms with E-state index in [9.17, 15) is 4.79 Å². The van der Waals surface area contributed by atoms with E-state index in [0.29, 0.717) is 23.0 Å². The molecule has 1 N–H and O–H groups in total. The monoisotopic (exact) mass is 394 g/mol. The summed E-state index contributed by atoms with van der Waals surface area (Å²) in [4.78, 5) is 25.1. The number of hydrogen-bond donors (Lipinski definition) is 1. The van der Waals surface area contributed by atoms with Crippen molar-refractivity contribution >= 4 is 17.0 Å². The molecule has 1 atom stereocenters. The molecule has 154 valence electrons. The molecule has 3 heterocycles. The van der Waals surface area contributed by atoms with Crippen molar-refractivity contribution in [2.24, 2.45) is 0 Å². The van der Waals surface area contributed by atoms with Gasteiger partial charge in [0.25, 0.3) is 5.56 Å². The molecule has 1 aromatic carbocycles. The molecule has 1 aliphatic rings. The molecule has 29 heavy (non-hydrogen) atoms. The predicted molar refractivity (Wildman–Crippen MR) is 116 cm³/mol. The molecule has 7 heteroatoms. The number of aromatic nitrogens is 4. The van der Waals surface area contributed by atoms with Crippen molar-refractivity contribution in [3.63, 3.8) is 0 Å². The van der Waals surface area contributed by atoms with Crippen molar-refractivity contribution in [1.82, 2.24) is 24.6 Å². The van der Waals surface area contributed by atoms with Crippen molar-refractivity contribution < 1.29 is 0 Å². The van der Waals surface area contributed by atoms with Crippen LogP contribution in [0.15, 0.2) is 41.3 Å². The zero-order chi connectivity index (χ0) is 20.6. The Balaban J connectivity index is 1.59. The van der Waals surface area contributed by atoms with Gasteiger partial charge in [-0.2, -0.15) is 10.1 Å². The molecule has 0 bridgehead atoms. The average molecular weight is 395 g/mol. The quantitative estimate of drug-likeness (QED) is 0.740. The average Bonchev–Trinajstić information content (AvgIpc) is 3.04. The van der Waals surface area contributed by atoms with Crippen molar-refractivity contribution in [2.45, 2.75) is 52.2 Å². The molecule has 3 aromatic rings. The summed E-state index contributed by atoms with van der Waals surface area (Å²) in [5, 5.41) is 4.95.